The lowest BCUT2D eigenvalue weighted by molar-refractivity contribution is -0.141. The van der Waals surface area contributed by atoms with Gasteiger partial charge >= 0.3 is 0 Å². The van der Waals surface area contributed by atoms with Crippen LogP contribution in [0.5, 0.6) is 0 Å². The zero-order chi connectivity index (χ0) is 13.8. The van der Waals surface area contributed by atoms with Gasteiger partial charge in [-0.25, -0.2) is 4.98 Å². The smallest absolute Gasteiger partial charge is 0.208 e. The molecule has 2 aromatic rings. The number of benzene rings is 1. The van der Waals surface area contributed by atoms with Crippen LogP contribution in [0.25, 0.3) is 0 Å². The normalized spacial score (nSPS) is 17.4. The minimum Gasteiger partial charge on any atom is -0.347 e. The first kappa shape index (κ1) is 13.6. The van der Waals surface area contributed by atoms with Gasteiger partial charge in [-0.05, 0) is 12.5 Å². The zero-order valence-corrected chi connectivity index (χ0v) is 12.2. The summed E-state index contributed by atoms with van der Waals surface area (Å²) in [5.41, 5.74) is 1.26. The number of nitrogens with zero attached hydrogens (tertiary/aromatic N) is 2. The number of hydrogen-bond acceptors (Lipinski definition) is 5. The molecule has 1 fully saturated rings. The summed E-state index contributed by atoms with van der Waals surface area (Å²) in [6, 6.07) is 10.3. The van der Waals surface area contributed by atoms with E-state index in [0.29, 0.717) is 19.6 Å². The van der Waals surface area contributed by atoms with E-state index < -0.39 is 5.79 Å². The van der Waals surface area contributed by atoms with E-state index in [1.165, 1.54) is 5.56 Å². The summed E-state index contributed by atoms with van der Waals surface area (Å²) < 4.78 is 11.1. The quantitative estimate of drug-likeness (QED) is 0.857. The molecule has 0 unspecified atom stereocenters. The topological polar surface area (TPSA) is 60.0 Å². The molecule has 20 heavy (non-hydrogen) atoms. The second-order valence-electron chi connectivity index (χ2n) is 4.85. The van der Waals surface area contributed by atoms with Crippen LogP contribution in [0.1, 0.15) is 18.3 Å². The molecule has 2 heterocycles. The molecule has 0 bridgehead atoms. The Morgan fingerprint density at radius 3 is 2.75 bits per heavy atom. The largest absolute Gasteiger partial charge is 0.347 e. The Hall–Kier alpha value is -1.37. The van der Waals surface area contributed by atoms with Gasteiger partial charge in [0.2, 0.25) is 5.16 Å². The molecule has 5 nitrogen and oxygen atoms in total. The van der Waals surface area contributed by atoms with Crippen molar-refractivity contribution in [3.05, 3.63) is 41.7 Å². The van der Waals surface area contributed by atoms with Crippen LogP contribution < -0.4 is 0 Å². The fourth-order valence-electron chi connectivity index (χ4n) is 2.11. The molecule has 0 radical (unpaired) electrons. The van der Waals surface area contributed by atoms with Gasteiger partial charge < -0.3 is 9.47 Å². The van der Waals surface area contributed by atoms with Gasteiger partial charge in [0.15, 0.2) is 5.79 Å². The summed E-state index contributed by atoms with van der Waals surface area (Å²) in [4.78, 5) is 4.47. The van der Waals surface area contributed by atoms with Crippen molar-refractivity contribution in [2.24, 2.45) is 0 Å². The van der Waals surface area contributed by atoms with Crippen LogP contribution >= 0.6 is 11.8 Å². The molecule has 1 N–H and O–H groups in total. The molecule has 1 aromatic heterocycles. The Morgan fingerprint density at radius 1 is 1.25 bits per heavy atom. The Bertz CT molecular complexity index is 553. The van der Waals surface area contributed by atoms with E-state index in [1.54, 1.807) is 11.8 Å². The number of nitrogens with one attached hydrogen (secondary N) is 1. The van der Waals surface area contributed by atoms with Crippen LogP contribution in [0, 0.1) is 0 Å². The molecule has 1 saturated heterocycles. The van der Waals surface area contributed by atoms with Crippen LogP contribution in [0.15, 0.2) is 35.5 Å². The Balaban J connectivity index is 1.57. The maximum absolute atomic E-state index is 5.57. The highest BCUT2D eigenvalue weighted by atomic mass is 32.2. The number of aromatic nitrogens is 3. The van der Waals surface area contributed by atoms with Gasteiger partial charge in [-0.15, -0.1) is 5.10 Å². The number of thioether (sulfide) groups is 1. The van der Waals surface area contributed by atoms with E-state index in [9.17, 15) is 0 Å². The predicted octanol–water partition coefficient (Wildman–Crippen LogP) is 2.40. The zero-order valence-electron chi connectivity index (χ0n) is 11.3. The summed E-state index contributed by atoms with van der Waals surface area (Å²) in [6.07, 6.45) is 0.589. The third-order valence-corrected chi connectivity index (χ3v) is 4.03. The van der Waals surface area contributed by atoms with E-state index in [0.717, 1.165) is 16.7 Å². The third-order valence-electron chi connectivity index (χ3n) is 3.11. The number of rotatable bonds is 5. The van der Waals surface area contributed by atoms with E-state index in [1.807, 2.05) is 25.1 Å². The highest BCUT2D eigenvalue weighted by molar-refractivity contribution is 7.98. The van der Waals surface area contributed by atoms with E-state index >= 15 is 0 Å². The summed E-state index contributed by atoms with van der Waals surface area (Å²) in [7, 11) is 0. The van der Waals surface area contributed by atoms with Gasteiger partial charge in [0.1, 0.15) is 5.82 Å². The molecule has 1 aliphatic rings. The van der Waals surface area contributed by atoms with Gasteiger partial charge in [0.05, 0.1) is 19.6 Å². The summed E-state index contributed by atoms with van der Waals surface area (Å²) in [6.45, 7) is 3.21. The first-order valence-electron chi connectivity index (χ1n) is 6.59. The van der Waals surface area contributed by atoms with Gasteiger partial charge in [-0.1, -0.05) is 42.1 Å². The molecule has 0 aliphatic carbocycles. The first-order chi connectivity index (χ1) is 9.73. The Morgan fingerprint density at radius 2 is 2.00 bits per heavy atom. The van der Waals surface area contributed by atoms with Crippen LogP contribution in [-0.2, 0) is 21.6 Å². The van der Waals surface area contributed by atoms with Crippen LogP contribution in [-0.4, -0.2) is 34.2 Å². The second kappa shape index (κ2) is 5.95. The van der Waals surface area contributed by atoms with Crippen LogP contribution in [0.4, 0.5) is 0 Å². The van der Waals surface area contributed by atoms with Crippen molar-refractivity contribution >= 4 is 11.8 Å². The van der Waals surface area contributed by atoms with Crippen molar-refractivity contribution in [1.29, 1.82) is 0 Å². The number of H-pyrrole nitrogens is 1. The summed E-state index contributed by atoms with van der Waals surface area (Å²) in [5, 5.41) is 7.93. The van der Waals surface area contributed by atoms with E-state index in [4.69, 9.17) is 9.47 Å². The first-order valence-corrected chi connectivity index (χ1v) is 7.58. The monoisotopic (exact) mass is 291 g/mol. The molecule has 0 spiro atoms. The van der Waals surface area contributed by atoms with Gasteiger partial charge in [0, 0.05) is 5.75 Å². The fraction of sp³-hybridized carbons (Fsp3) is 0.429. The lowest BCUT2D eigenvalue weighted by Crippen LogP contribution is -2.29. The lowest BCUT2D eigenvalue weighted by Gasteiger charge is -2.20. The lowest BCUT2D eigenvalue weighted by atomic mass is 10.2. The van der Waals surface area contributed by atoms with Gasteiger partial charge in [0.25, 0.3) is 0 Å². The van der Waals surface area contributed by atoms with Crippen molar-refractivity contribution < 1.29 is 9.47 Å². The average molecular weight is 291 g/mol. The second-order valence-corrected chi connectivity index (χ2v) is 5.79. The van der Waals surface area contributed by atoms with E-state index in [2.05, 4.69) is 27.3 Å². The third kappa shape index (κ3) is 3.39. The minimum absolute atomic E-state index is 0.569. The highest BCUT2D eigenvalue weighted by Crippen LogP contribution is 2.24. The maximum Gasteiger partial charge on any atom is 0.208 e. The molecule has 3 rings (SSSR count). The molecule has 106 valence electrons. The Kier molecular flexibility index (Phi) is 4.05. The molecule has 1 aliphatic heterocycles. The minimum atomic E-state index is -0.569. The van der Waals surface area contributed by atoms with Crippen LogP contribution in [0.2, 0.25) is 0 Å². The standard InChI is InChI=1S/C14H17N3O2S/c1-14(18-7-8-19-14)9-12-15-13(17-16-12)20-10-11-5-3-2-4-6-11/h2-6H,7-10H2,1H3,(H,15,16,17). The molecular formula is C14H17N3O2S. The van der Waals surface area contributed by atoms with Crippen LogP contribution in [0.3, 0.4) is 0 Å². The van der Waals surface area contributed by atoms with Crippen molar-refractivity contribution in [2.45, 2.75) is 30.0 Å². The number of hydrogen-bond donors (Lipinski definition) is 1. The molecule has 1 aromatic carbocycles. The van der Waals surface area contributed by atoms with Gasteiger partial charge in [-0.3, -0.25) is 5.10 Å². The molecule has 6 heteroatoms. The molecule has 0 atom stereocenters. The predicted molar refractivity (Wildman–Crippen MR) is 76.4 cm³/mol. The molecule has 0 saturated carbocycles. The van der Waals surface area contributed by atoms with Crippen molar-refractivity contribution in [3.8, 4) is 0 Å². The van der Waals surface area contributed by atoms with Crippen molar-refractivity contribution in [1.82, 2.24) is 15.2 Å². The van der Waals surface area contributed by atoms with Crippen molar-refractivity contribution in [2.75, 3.05) is 13.2 Å². The van der Waals surface area contributed by atoms with Gasteiger partial charge in [-0.2, -0.15) is 0 Å². The maximum atomic E-state index is 5.57. The SMILES string of the molecule is CC1(Cc2nc(SCc3ccccc3)n[nH]2)OCCO1. The highest BCUT2D eigenvalue weighted by Gasteiger charge is 2.32. The summed E-state index contributed by atoms with van der Waals surface area (Å²) in [5.74, 6) is 1.09. The number of aromatic amines is 1. The number of ether oxygens (including phenoxy) is 2. The van der Waals surface area contributed by atoms with E-state index in [-0.39, 0.29) is 0 Å². The Labute approximate surface area is 122 Å². The average Bonchev–Trinajstić information content (AvgIpc) is 3.07. The fourth-order valence-corrected chi connectivity index (χ4v) is 2.88. The molecular weight excluding hydrogens is 274 g/mol. The summed E-state index contributed by atoms with van der Waals surface area (Å²) >= 11 is 1.62. The molecule has 0 amide bonds. The van der Waals surface area contributed by atoms with Crippen molar-refractivity contribution in [3.63, 3.8) is 0 Å².